The van der Waals surface area contributed by atoms with E-state index in [9.17, 15) is 9.59 Å². The van der Waals surface area contributed by atoms with Crippen molar-refractivity contribution < 1.29 is 23.8 Å². The number of nitrogens with one attached hydrogen (secondary N) is 1. The molecule has 1 N–H and O–H groups in total. The van der Waals surface area contributed by atoms with Crippen LogP contribution in [0, 0.1) is 5.41 Å². The molecule has 0 bridgehead atoms. The van der Waals surface area contributed by atoms with Gasteiger partial charge in [-0.2, -0.15) is 0 Å². The SMILES string of the molecule is CCCOC(=O)C1=C(C)NC2=C(C(=O)CC(C)(C)C2)[C@H]1c1cc2c(cc1Cl)OCO2. The van der Waals surface area contributed by atoms with Crippen molar-refractivity contribution in [2.45, 2.75) is 52.9 Å². The van der Waals surface area contributed by atoms with Gasteiger partial charge in [0.1, 0.15) is 0 Å². The van der Waals surface area contributed by atoms with Crippen LogP contribution in [0.4, 0.5) is 0 Å². The van der Waals surface area contributed by atoms with E-state index in [0.29, 0.717) is 64.8 Å². The summed E-state index contributed by atoms with van der Waals surface area (Å²) in [5.74, 6) is 0.0677. The summed E-state index contributed by atoms with van der Waals surface area (Å²) in [5, 5.41) is 3.74. The number of dihydropyridines is 1. The van der Waals surface area contributed by atoms with Crippen LogP contribution in [0.5, 0.6) is 11.5 Å². The molecule has 30 heavy (non-hydrogen) atoms. The molecule has 1 aromatic rings. The second-order valence-electron chi connectivity index (χ2n) is 8.79. The fourth-order valence-electron chi connectivity index (χ4n) is 4.44. The summed E-state index contributed by atoms with van der Waals surface area (Å²) < 4.78 is 16.4. The van der Waals surface area contributed by atoms with Gasteiger partial charge in [-0.05, 0) is 36.8 Å². The molecular formula is C23H26ClNO5. The van der Waals surface area contributed by atoms with E-state index in [1.165, 1.54) is 0 Å². The first kappa shape index (κ1) is 20.8. The molecule has 4 rings (SSSR count). The number of benzene rings is 1. The van der Waals surface area contributed by atoms with E-state index in [2.05, 4.69) is 19.2 Å². The Labute approximate surface area is 181 Å². The van der Waals surface area contributed by atoms with Crippen molar-refractivity contribution in [3.63, 3.8) is 0 Å². The summed E-state index contributed by atoms with van der Waals surface area (Å²) in [6.45, 7) is 8.35. The monoisotopic (exact) mass is 431 g/mol. The number of hydrogen-bond donors (Lipinski definition) is 1. The number of esters is 1. The lowest BCUT2D eigenvalue weighted by Crippen LogP contribution is -2.38. The summed E-state index contributed by atoms with van der Waals surface area (Å²) in [6, 6.07) is 3.46. The minimum absolute atomic E-state index is 0.0146. The second-order valence-corrected chi connectivity index (χ2v) is 9.20. The van der Waals surface area contributed by atoms with Crippen LogP contribution in [0.25, 0.3) is 0 Å². The number of allylic oxidation sites excluding steroid dienone is 3. The molecule has 0 saturated carbocycles. The lowest BCUT2D eigenvalue weighted by molar-refractivity contribution is -0.139. The van der Waals surface area contributed by atoms with Crippen molar-refractivity contribution in [1.29, 1.82) is 0 Å². The zero-order valence-electron chi connectivity index (χ0n) is 17.7. The fourth-order valence-corrected chi connectivity index (χ4v) is 4.71. The molecular weight excluding hydrogens is 406 g/mol. The molecule has 0 aromatic heterocycles. The summed E-state index contributed by atoms with van der Waals surface area (Å²) in [4.78, 5) is 26.3. The largest absolute Gasteiger partial charge is 0.462 e. The number of Topliss-reactive ketones (excluding diaryl/α,β-unsaturated/α-hetero) is 1. The second kappa shape index (κ2) is 7.65. The Morgan fingerprint density at radius 3 is 2.67 bits per heavy atom. The van der Waals surface area contributed by atoms with Crippen LogP contribution in [0.3, 0.4) is 0 Å². The Morgan fingerprint density at radius 1 is 1.27 bits per heavy atom. The number of rotatable bonds is 4. The van der Waals surface area contributed by atoms with E-state index in [-0.39, 0.29) is 18.0 Å². The summed E-state index contributed by atoms with van der Waals surface area (Å²) >= 11 is 6.63. The van der Waals surface area contributed by atoms with Gasteiger partial charge in [0.2, 0.25) is 6.79 Å². The third kappa shape index (κ3) is 3.58. The highest BCUT2D eigenvalue weighted by atomic mass is 35.5. The van der Waals surface area contributed by atoms with Crippen LogP contribution in [-0.4, -0.2) is 25.2 Å². The van der Waals surface area contributed by atoms with Crippen molar-refractivity contribution in [2.75, 3.05) is 13.4 Å². The zero-order chi connectivity index (χ0) is 21.6. The third-order valence-corrected chi connectivity index (χ3v) is 6.03. The highest BCUT2D eigenvalue weighted by Gasteiger charge is 2.44. The van der Waals surface area contributed by atoms with Gasteiger partial charge in [0.15, 0.2) is 17.3 Å². The van der Waals surface area contributed by atoms with Crippen LogP contribution in [0.15, 0.2) is 34.7 Å². The van der Waals surface area contributed by atoms with Gasteiger partial charge in [0.05, 0.1) is 12.2 Å². The lowest BCUT2D eigenvalue weighted by atomic mass is 9.68. The molecule has 1 atom stereocenters. The molecule has 1 aromatic carbocycles. The number of carbonyl (C=O) groups excluding carboxylic acids is 2. The van der Waals surface area contributed by atoms with Crippen LogP contribution in [-0.2, 0) is 14.3 Å². The molecule has 160 valence electrons. The van der Waals surface area contributed by atoms with Crippen molar-refractivity contribution in [3.8, 4) is 11.5 Å². The first-order valence-electron chi connectivity index (χ1n) is 10.2. The molecule has 0 radical (unpaired) electrons. The molecule has 0 saturated heterocycles. The first-order valence-corrected chi connectivity index (χ1v) is 10.6. The van der Waals surface area contributed by atoms with Crippen LogP contribution in [0.2, 0.25) is 5.02 Å². The number of ketones is 1. The minimum atomic E-state index is -0.615. The smallest absolute Gasteiger partial charge is 0.336 e. The van der Waals surface area contributed by atoms with E-state index >= 15 is 0 Å². The Balaban J connectivity index is 1.88. The third-order valence-electron chi connectivity index (χ3n) is 5.70. The van der Waals surface area contributed by atoms with Gasteiger partial charge >= 0.3 is 5.97 Å². The van der Waals surface area contributed by atoms with Gasteiger partial charge in [0, 0.05) is 40.4 Å². The maximum Gasteiger partial charge on any atom is 0.336 e. The number of halogens is 1. The average molecular weight is 432 g/mol. The van der Waals surface area contributed by atoms with Gasteiger partial charge in [-0.15, -0.1) is 0 Å². The van der Waals surface area contributed by atoms with Crippen molar-refractivity contribution in [1.82, 2.24) is 5.32 Å². The summed E-state index contributed by atoms with van der Waals surface area (Å²) in [6.07, 6.45) is 1.83. The van der Waals surface area contributed by atoms with Crippen LogP contribution < -0.4 is 14.8 Å². The van der Waals surface area contributed by atoms with E-state index in [0.717, 1.165) is 5.70 Å². The fraction of sp³-hybridized carbons (Fsp3) is 0.478. The molecule has 6 nitrogen and oxygen atoms in total. The molecule has 0 amide bonds. The minimum Gasteiger partial charge on any atom is -0.462 e. The maximum absolute atomic E-state index is 13.3. The van der Waals surface area contributed by atoms with Crippen molar-refractivity contribution >= 4 is 23.4 Å². The van der Waals surface area contributed by atoms with Gasteiger partial charge in [-0.1, -0.05) is 32.4 Å². The maximum atomic E-state index is 13.3. The van der Waals surface area contributed by atoms with Crippen LogP contribution in [0.1, 0.15) is 58.4 Å². The van der Waals surface area contributed by atoms with Crippen molar-refractivity contribution in [3.05, 3.63) is 45.3 Å². The molecule has 0 unspecified atom stereocenters. The Bertz CT molecular complexity index is 992. The Morgan fingerprint density at radius 2 is 1.97 bits per heavy atom. The average Bonchev–Trinajstić information content (AvgIpc) is 3.10. The predicted octanol–water partition coefficient (Wildman–Crippen LogP) is 4.63. The molecule has 2 heterocycles. The Kier molecular flexibility index (Phi) is 5.30. The quantitative estimate of drug-likeness (QED) is 0.701. The topological polar surface area (TPSA) is 73.9 Å². The first-order chi connectivity index (χ1) is 14.2. The number of hydrogen-bond acceptors (Lipinski definition) is 6. The van der Waals surface area contributed by atoms with Crippen LogP contribution >= 0.6 is 11.6 Å². The van der Waals surface area contributed by atoms with E-state index in [1.54, 1.807) is 12.1 Å². The molecule has 0 fully saturated rings. The van der Waals surface area contributed by atoms with E-state index in [4.69, 9.17) is 25.8 Å². The highest BCUT2D eigenvalue weighted by Crippen LogP contribution is 2.50. The normalized spacial score (nSPS) is 22.0. The molecule has 3 aliphatic rings. The summed E-state index contributed by atoms with van der Waals surface area (Å²) in [7, 11) is 0. The highest BCUT2D eigenvalue weighted by molar-refractivity contribution is 6.32. The van der Waals surface area contributed by atoms with Gasteiger partial charge in [-0.3, -0.25) is 4.79 Å². The van der Waals surface area contributed by atoms with E-state index < -0.39 is 11.9 Å². The Hall–Kier alpha value is -2.47. The molecule has 2 aliphatic heterocycles. The molecule has 0 spiro atoms. The van der Waals surface area contributed by atoms with Gasteiger partial charge in [0.25, 0.3) is 0 Å². The molecule has 7 heteroatoms. The number of carbonyl (C=O) groups is 2. The predicted molar refractivity (Wildman–Crippen MR) is 112 cm³/mol. The number of ether oxygens (including phenoxy) is 3. The lowest BCUT2D eigenvalue weighted by Gasteiger charge is -2.39. The van der Waals surface area contributed by atoms with Gasteiger partial charge < -0.3 is 19.5 Å². The molecule has 1 aliphatic carbocycles. The standard InChI is InChI=1S/C23H26ClNO5/c1-5-6-28-22(27)19-12(2)25-15-9-23(3,4)10-16(26)21(15)20(19)13-7-17-18(8-14(13)24)30-11-29-17/h7-8,20,25H,5-6,9-11H2,1-4H3/t20-/m0/s1. The zero-order valence-corrected chi connectivity index (χ0v) is 18.4. The van der Waals surface area contributed by atoms with E-state index in [1.807, 2.05) is 13.8 Å². The van der Waals surface area contributed by atoms with Crippen molar-refractivity contribution in [2.24, 2.45) is 5.41 Å². The number of fused-ring (bicyclic) bond motifs is 1. The van der Waals surface area contributed by atoms with Gasteiger partial charge in [-0.25, -0.2) is 4.79 Å². The summed E-state index contributed by atoms with van der Waals surface area (Å²) in [5.41, 5.74) is 3.01.